The van der Waals surface area contributed by atoms with Crippen molar-refractivity contribution in [2.75, 3.05) is 24.6 Å². The number of carbonyl (C=O) groups excluding carboxylic acids is 2. The van der Waals surface area contributed by atoms with Crippen molar-refractivity contribution in [2.45, 2.75) is 57.6 Å². The lowest BCUT2D eigenvalue weighted by atomic mass is 10.1. The molecular formula is C31H38BrN3O6S. The third-order valence-corrected chi connectivity index (χ3v) is 8.74. The SMILES string of the molecule is CCOc1ccc(N(CC(=O)N(Cc2cccc(OC)c2)[C@H](CC)C(=O)NC(C)C)S(=O)(=O)c2ccc(Br)cc2)cc1. The lowest BCUT2D eigenvalue weighted by Gasteiger charge is -2.33. The van der Waals surface area contributed by atoms with Crippen LogP contribution in [0.5, 0.6) is 11.5 Å². The van der Waals surface area contributed by atoms with E-state index < -0.39 is 28.5 Å². The Labute approximate surface area is 257 Å². The maximum Gasteiger partial charge on any atom is 0.264 e. The molecule has 0 unspecified atom stereocenters. The van der Waals surface area contributed by atoms with Gasteiger partial charge in [-0.3, -0.25) is 13.9 Å². The number of hydrogen-bond acceptors (Lipinski definition) is 6. The fourth-order valence-electron chi connectivity index (χ4n) is 4.41. The fraction of sp³-hybridized carbons (Fsp3) is 0.355. The Kier molecular flexibility index (Phi) is 11.8. The summed E-state index contributed by atoms with van der Waals surface area (Å²) in [5, 5.41) is 2.89. The molecule has 0 aliphatic rings. The molecule has 3 rings (SSSR count). The average molecular weight is 661 g/mol. The van der Waals surface area contributed by atoms with Crippen LogP contribution in [0.3, 0.4) is 0 Å². The molecule has 226 valence electrons. The zero-order chi connectivity index (χ0) is 30.9. The highest BCUT2D eigenvalue weighted by atomic mass is 79.9. The standard InChI is InChI=1S/C31H38BrN3O6S/c1-6-29(31(37)33-22(3)4)34(20-23-9-8-10-27(19-23)40-5)30(36)21-35(25-13-15-26(16-14-25)41-7-2)42(38,39)28-17-11-24(32)12-18-28/h8-19,22,29H,6-7,20-21H2,1-5H3,(H,33,37)/t29-/m1/s1. The highest BCUT2D eigenvalue weighted by Gasteiger charge is 2.34. The zero-order valence-corrected chi connectivity index (χ0v) is 26.9. The molecule has 2 amide bonds. The van der Waals surface area contributed by atoms with Gasteiger partial charge in [-0.25, -0.2) is 8.42 Å². The van der Waals surface area contributed by atoms with Gasteiger partial charge in [-0.15, -0.1) is 0 Å². The summed E-state index contributed by atoms with van der Waals surface area (Å²) in [5.74, 6) is 0.336. The van der Waals surface area contributed by atoms with Gasteiger partial charge in [0.1, 0.15) is 24.1 Å². The van der Waals surface area contributed by atoms with Crippen molar-refractivity contribution in [3.8, 4) is 11.5 Å². The maximum atomic E-state index is 14.2. The van der Waals surface area contributed by atoms with Gasteiger partial charge in [0.25, 0.3) is 10.0 Å². The van der Waals surface area contributed by atoms with Crippen LogP contribution in [0.15, 0.2) is 82.2 Å². The van der Waals surface area contributed by atoms with Gasteiger partial charge >= 0.3 is 0 Å². The van der Waals surface area contributed by atoms with E-state index in [0.717, 1.165) is 14.3 Å². The van der Waals surface area contributed by atoms with Gasteiger partial charge in [-0.05, 0) is 93.4 Å². The molecule has 1 atom stereocenters. The molecule has 0 spiro atoms. The highest BCUT2D eigenvalue weighted by molar-refractivity contribution is 9.10. The van der Waals surface area contributed by atoms with Crippen LogP contribution in [-0.2, 0) is 26.2 Å². The third-order valence-electron chi connectivity index (χ3n) is 6.42. The predicted octanol–water partition coefficient (Wildman–Crippen LogP) is 5.38. The summed E-state index contributed by atoms with van der Waals surface area (Å²) < 4.78 is 40.6. The van der Waals surface area contributed by atoms with Gasteiger partial charge in [0.2, 0.25) is 11.8 Å². The van der Waals surface area contributed by atoms with Crippen molar-refractivity contribution in [3.05, 3.63) is 82.8 Å². The molecule has 42 heavy (non-hydrogen) atoms. The van der Waals surface area contributed by atoms with Gasteiger partial charge in [0.05, 0.1) is 24.3 Å². The van der Waals surface area contributed by atoms with E-state index in [2.05, 4.69) is 21.2 Å². The molecule has 0 aromatic heterocycles. The number of rotatable bonds is 14. The van der Waals surface area contributed by atoms with E-state index in [4.69, 9.17) is 9.47 Å². The van der Waals surface area contributed by atoms with Crippen molar-refractivity contribution in [1.29, 1.82) is 0 Å². The molecule has 3 aromatic rings. The first-order chi connectivity index (χ1) is 20.0. The monoisotopic (exact) mass is 659 g/mol. The van der Waals surface area contributed by atoms with E-state index >= 15 is 0 Å². The molecule has 0 aliphatic heterocycles. The molecular weight excluding hydrogens is 622 g/mol. The smallest absolute Gasteiger partial charge is 0.264 e. The molecule has 3 aromatic carbocycles. The molecule has 1 N–H and O–H groups in total. The molecule has 0 fully saturated rings. The van der Waals surface area contributed by atoms with E-state index in [1.807, 2.05) is 33.8 Å². The second-order valence-electron chi connectivity index (χ2n) is 9.85. The molecule has 0 radical (unpaired) electrons. The first-order valence-electron chi connectivity index (χ1n) is 13.7. The van der Waals surface area contributed by atoms with Crippen LogP contribution in [0.1, 0.15) is 39.7 Å². The van der Waals surface area contributed by atoms with Gasteiger partial charge < -0.3 is 19.7 Å². The first-order valence-corrected chi connectivity index (χ1v) is 16.0. The van der Waals surface area contributed by atoms with E-state index in [1.165, 1.54) is 17.0 Å². The summed E-state index contributed by atoms with van der Waals surface area (Å²) in [6.07, 6.45) is 0.330. The number of carbonyl (C=O) groups is 2. The van der Waals surface area contributed by atoms with Crippen LogP contribution in [0.25, 0.3) is 0 Å². The number of nitrogens with one attached hydrogen (secondary N) is 1. The molecule has 0 saturated carbocycles. The number of nitrogens with zero attached hydrogens (tertiary/aromatic N) is 2. The van der Waals surface area contributed by atoms with E-state index in [9.17, 15) is 18.0 Å². The molecule has 0 bridgehead atoms. The van der Waals surface area contributed by atoms with Crippen LogP contribution >= 0.6 is 15.9 Å². The lowest BCUT2D eigenvalue weighted by molar-refractivity contribution is -0.140. The number of sulfonamides is 1. The van der Waals surface area contributed by atoms with Crippen LogP contribution in [0.4, 0.5) is 5.69 Å². The van der Waals surface area contributed by atoms with Gasteiger partial charge in [-0.1, -0.05) is 35.0 Å². The second kappa shape index (κ2) is 15.1. The van der Waals surface area contributed by atoms with Gasteiger partial charge in [-0.2, -0.15) is 0 Å². The Morgan fingerprint density at radius 2 is 1.62 bits per heavy atom. The predicted molar refractivity (Wildman–Crippen MR) is 167 cm³/mol. The second-order valence-corrected chi connectivity index (χ2v) is 12.6. The molecule has 9 nitrogen and oxygen atoms in total. The lowest BCUT2D eigenvalue weighted by Crippen LogP contribution is -2.53. The van der Waals surface area contributed by atoms with Crippen LogP contribution < -0.4 is 19.1 Å². The Hall–Kier alpha value is -3.57. The number of methoxy groups -OCH3 is 1. The Morgan fingerprint density at radius 3 is 2.19 bits per heavy atom. The van der Waals surface area contributed by atoms with Crippen LogP contribution in [0.2, 0.25) is 0 Å². The zero-order valence-electron chi connectivity index (χ0n) is 24.5. The number of benzene rings is 3. The summed E-state index contributed by atoms with van der Waals surface area (Å²) in [4.78, 5) is 28.9. The number of anilines is 1. The Morgan fingerprint density at radius 1 is 0.952 bits per heavy atom. The summed E-state index contributed by atoms with van der Waals surface area (Å²) in [6.45, 7) is 7.37. The summed E-state index contributed by atoms with van der Waals surface area (Å²) in [6, 6.07) is 19.0. The normalized spacial score (nSPS) is 12.0. The van der Waals surface area contributed by atoms with Gasteiger partial charge in [0.15, 0.2) is 0 Å². The summed E-state index contributed by atoms with van der Waals surface area (Å²) in [5.41, 5.74) is 1.03. The van der Waals surface area contributed by atoms with E-state index in [0.29, 0.717) is 24.5 Å². The van der Waals surface area contributed by atoms with Crippen molar-refractivity contribution >= 4 is 43.5 Å². The quantitative estimate of drug-likeness (QED) is 0.249. The molecule has 0 saturated heterocycles. The summed E-state index contributed by atoms with van der Waals surface area (Å²) in [7, 11) is -2.63. The van der Waals surface area contributed by atoms with Crippen LogP contribution in [0, 0.1) is 0 Å². The summed E-state index contributed by atoms with van der Waals surface area (Å²) >= 11 is 3.34. The largest absolute Gasteiger partial charge is 0.497 e. The molecule has 0 aliphatic carbocycles. The van der Waals surface area contributed by atoms with Crippen molar-refractivity contribution in [1.82, 2.24) is 10.2 Å². The minimum atomic E-state index is -4.18. The first kappa shape index (κ1) is 32.9. The highest BCUT2D eigenvalue weighted by Crippen LogP contribution is 2.28. The maximum absolute atomic E-state index is 14.2. The molecule has 11 heteroatoms. The average Bonchev–Trinajstić information content (AvgIpc) is 2.96. The molecule has 0 heterocycles. The van der Waals surface area contributed by atoms with E-state index in [-0.39, 0.29) is 29.1 Å². The number of halogens is 1. The van der Waals surface area contributed by atoms with E-state index in [1.54, 1.807) is 61.7 Å². The Bertz CT molecular complexity index is 1450. The van der Waals surface area contributed by atoms with Crippen LogP contribution in [-0.4, -0.2) is 57.5 Å². The van der Waals surface area contributed by atoms with Crippen molar-refractivity contribution in [3.63, 3.8) is 0 Å². The number of amides is 2. The fourth-order valence-corrected chi connectivity index (χ4v) is 6.08. The Balaban J connectivity index is 2.07. The van der Waals surface area contributed by atoms with Gasteiger partial charge in [0, 0.05) is 17.1 Å². The third kappa shape index (κ3) is 8.48. The van der Waals surface area contributed by atoms with Crippen molar-refractivity contribution < 1.29 is 27.5 Å². The minimum Gasteiger partial charge on any atom is -0.497 e. The van der Waals surface area contributed by atoms with Crippen molar-refractivity contribution in [2.24, 2.45) is 0 Å². The topological polar surface area (TPSA) is 105 Å². The number of ether oxygens (including phenoxy) is 2. The minimum absolute atomic E-state index is 0.0244. The number of hydrogen-bond donors (Lipinski definition) is 1.